The summed E-state index contributed by atoms with van der Waals surface area (Å²) in [5.74, 6) is -2.14. The molecule has 0 aliphatic carbocycles. The minimum absolute atomic E-state index is 0.0740. The van der Waals surface area contributed by atoms with Crippen LogP contribution in [0.1, 0.15) is 13.8 Å². The number of thioether (sulfide) groups is 1. The number of cyclic esters (lactones) is 1. The molecule has 0 spiro atoms. The molecule has 3 aliphatic rings. The van der Waals surface area contributed by atoms with E-state index in [0.717, 1.165) is 4.90 Å². The van der Waals surface area contributed by atoms with Crippen molar-refractivity contribution in [3.05, 3.63) is 18.2 Å². The quantitative estimate of drug-likeness (QED) is 0.683. The highest BCUT2D eigenvalue weighted by molar-refractivity contribution is 8.00. The van der Waals surface area contributed by atoms with Crippen LogP contribution in [-0.4, -0.2) is 74.9 Å². The van der Waals surface area contributed by atoms with Crippen molar-refractivity contribution < 1.29 is 33.3 Å². The Morgan fingerprint density at radius 2 is 1.94 bits per heavy atom. The van der Waals surface area contributed by atoms with E-state index in [9.17, 15) is 9.59 Å². The summed E-state index contributed by atoms with van der Waals surface area (Å²) in [6.07, 6.45) is -2.40. The Morgan fingerprint density at radius 1 is 1.23 bits per heavy atom. The maximum absolute atomic E-state index is 12.7. The van der Waals surface area contributed by atoms with Gasteiger partial charge in [-0.1, -0.05) is 0 Å². The fourth-order valence-corrected chi connectivity index (χ4v) is 4.76. The van der Waals surface area contributed by atoms with E-state index in [1.165, 1.54) is 30.9 Å². The zero-order chi connectivity index (χ0) is 22.4. The first kappa shape index (κ1) is 22.3. The summed E-state index contributed by atoms with van der Waals surface area (Å²) in [4.78, 5) is 26.9. The summed E-state index contributed by atoms with van der Waals surface area (Å²) in [5, 5.41) is 2.83. The largest absolute Gasteiger partial charge is 0.441 e. The lowest BCUT2D eigenvalue weighted by molar-refractivity contribution is -0.451. The molecule has 3 heterocycles. The van der Waals surface area contributed by atoms with Crippen LogP contribution >= 0.6 is 11.8 Å². The number of nitrogens with two attached hydrogens (primary N) is 1. The fraction of sp³-hybridized carbons (Fsp3) is 0.600. The van der Waals surface area contributed by atoms with Crippen LogP contribution in [0.4, 0.5) is 16.2 Å². The van der Waals surface area contributed by atoms with Crippen molar-refractivity contribution in [3.8, 4) is 0 Å². The van der Waals surface area contributed by atoms with Crippen molar-refractivity contribution in [1.82, 2.24) is 0 Å². The monoisotopic (exact) mass is 453 g/mol. The fourth-order valence-electron chi connectivity index (χ4n) is 3.98. The van der Waals surface area contributed by atoms with Gasteiger partial charge in [-0.05, 0) is 32.0 Å². The van der Waals surface area contributed by atoms with Crippen LogP contribution in [0.2, 0.25) is 0 Å². The normalized spacial score (nSPS) is 35.5. The molecule has 2 fully saturated rings. The minimum Gasteiger partial charge on any atom is -0.441 e. The number of fused-ring (bicyclic) bond motifs is 1. The number of nitrogens with zero attached hydrogens (tertiary/aromatic N) is 1. The first-order valence-corrected chi connectivity index (χ1v) is 10.9. The number of carbonyl (C=O) groups excluding carboxylic acids is 2. The Labute approximate surface area is 184 Å². The van der Waals surface area contributed by atoms with E-state index in [-0.39, 0.29) is 19.0 Å². The van der Waals surface area contributed by atoms with Gasteiger partial charge < -0.3 is 34.7 Å². The smallest absolute Gasteiger partial charge is 0.414 e. The molecular weight excluding hydrogens is 426 g/mol. The summed E-state index contributed by atoms with van der Waals surface area (Å²) in [5.41, 5.74) is 7.23. The van der Waals surface area contributed by atoms with Gasteiger partial charge in [0.1, 0.15) is 12.2 Å². The van der Waals surface area contributed by atoms with Gasteiger partial charge in [0.25, 0.3) is 0 Å². The summed E-state index contributed by atoms with van der Waals surface area (Å²) >= 11 is 1.46. The molecule has 3 N–H and O–H groups in total. The number of nitrogens with one attached hydrogen (secondary N) is 1. The van der Waals surface area contributed by atoms with Gasteiger partial charge in [0.05, 0.1) is 18.0 Å². The van der Waals surface area contributed by atoms with Gasteiger partial charge in [0, 0.05) is 31.3 Å². The van der Waals surface area contributed by atoms with Crippen molar-refractivity contribution in [2.24, 2.45) is 5.73 Å². The Hall–Kier alpha value is -1.89. The first-order chi connectivity index (χ1) is 14.7. The van der Waals surface area contributed by atoms with E-state index in [1.807, 2.05) is 12.1 Å². The number of anilines is 2. The third-order valence-corrected chi connectivity index (χ3v) is 7.12. The van der Waals surface area contributed by atoms with E-state index in [0.29, 0.717) is 17.1 Å². The van der Waals surface area contributed by atoms with Crippen LogP contribution in [0.15, 0.2) is 23.1 Å². The standard InChI is InChI=1S/C20H27N3O7S/c1-19(26-3)20(2,27-4)30-17(13(8-21)29-19)14-9-23(18(25)28-14)11-5-6-15-12(7-11)22-16(24)10-31-15/h5-7,13-14,17H,8-10,21H2,1-4H3,(H,22,24)/t13-,14+,17+,19+,20+/m1/s1. The van der Waals surface area contributed by atoms with E-state index < -0.39 is 36.0 Å². The molecule has 10 nitrogen and oxygen atoms in total. The number of benzene rings is 1. The van der Waals surface area contributed by atoms with E-state index in [1.54, 1.807) is 19.9 Å². The molecule has 11 heteroatoms. The molecule has 0 unspecified atom stereocenters. The van der Waals surface area contributed by atoms with Gasteiger partial charge in [-0.25, -0.2) is 4.79 Å². The molecule has 0 bridgehead atoms. The Bertz CT molecular complexity index is 886. The molecule has 5 atom stereocenters. The van der Waals surface area contributed by atoms with Gasteiger partial charge in [-0.2, -0.15) is 0 Å². The number of amides is 2. The molecule has 3 aliphatic heterocycles. The molecule has 2 saturated heterocycles. The number of carbonyl (C=O) groups is 2. The number of ether oxygens (including phenoxy) is 5. The first-order valence-electron chi connectivity index (χ1n) is 9.94. The summed E-state index contributed by atoms with van der Waals surface area (Å²) < 4.78 is 29.1. The highest BCUT2D eigenvalue weighted by Crippen LogP contribution is 2.42. The lowest BCUT2D eigenvalue weighted by Gasteiger charge is -2.52. The van der Waals surface area contributed by atoms with Crippen LogP contribution in [0.5, 0.6) is 0 Å². The van der Waals surface area contributed by atoms with Crippen LogP contribution < -0.4 is 16.0 Å². The van der Waals surface area contributed by atoms with Crippen LogP contribution in [0.25, 0.3) is 0 Å². The van der Waals surface area contributed by atoms with Crippen molar-refractivity contribution in [2.75, 3.05) is 43.3 Å². The lowest BCUT2D eigenvalue weighted by Crippen LogP contribution is -2.68. The zero-order valence-electron chi connectivity index (χ0n) is 17.9. The predicted octanol–water partition coefficient (Wildman–Crippen LogP) is 1.52. The molecule has 4 rings (SSSR count). The highest BCUT2D eigenvalue weighted by Gasteiger charge is 2.59. The number of rotatable bonds is 5. The average molecular weight is 454 g/mol. The third kappa shape index (κ3) is 3.79. The molecule has 0 saturated carbocycles. The van der Waals surface area contributed by atoms with Gasteiger partial charge in [-0.3, -0.25) is 9.69 Å². The molecule has 0 radical (unpaired) electrons. The third-order valence-electron chi connectivity index (χ3n) is 6.05. The SMILES string of the molecule is CO[C@@]1(C)O[C@H]([C@@H]2CN(c3ccc4c(c3)NC(=O)CS4)C(=O)O2)[C@@H](CN)O[C@]1(C)OC. The van der Waals surface area contributed by atoms with E-state index >= 15 is 0 Å². The average Bonchev–Trinajstić information content (AvgIpc) is 3.16. The zero-order valence-corrected chi connectivity index (χ0v) is 18.7. The minimum atomic E-state index is -1.24. The van der Waals surface area contributed by atoms with Gasteiger partial charge in [0.15, 0.2) is 6.10 Å². The topological polar surface area (TPSA) is 122 Å². The maximum Gasteiger partial charge on any atom is 0.414 e. The molecule has 31 heavy (non-hydrogen) atoms. The summed E-state index contributed by atoms with van der Waals surface area (Å²) in [6, 6.07) is 5.47. The van der Waals surface area contributed by atoms with Crippen LogP contribution in [0, 0.1) is 0 Å². The lowest BCUT2D eigenvalue weighted by atomic mass is 10.00. The second kappa shape index (κ2) is 8.23. The van der Waals surface area contributed by atoms with Crippen molar-refractivity contribution in [3.63, 3.8) is 0 Å². The summed E-state index contributed by atoms with van der Waals surface area (Å²) in [6.45, 7) is 3.78. The number of hydrogen-bond donors (Lipinski definition) is 2. The number of hydrogen-bond acceptors (Lipinski definition) is 9. The predicted molar refractivity (Wildman–Crippen MR) is 113 cm³/mol. The van der Waals surface area contributed by atoms with Crippen molar-refractivity contribution in [2.45, 2.75) is 48.6 Å². The van der Waals surface area contributed by atoms with E-state index in [2.05, 4.69) is 5.32 Å². The van der Waals surface area contributed by atoms with Crippen LogP contribution in [-0.2, 0) is 28.5 Å². The van der Waals surface area contributed by atoms with E-state index in [4.69, 9.17) is 29.4 Å². The molecule has 1 aromatic carbocycles. The molecule has 0 aromatic heterocycles. The summed E-state index contributed by atoms with van der Waals surface area (Å²) in [7, 11) is 2.99. The van der Waals surface area contributed by atoms with Gasteiger partial charge >= 0.3 is 6.09 Å². The number of methoxy groups -OCH3 is 2. The van der Waals surface area contributed by atoms with Gasteiger partial charge in [0.2, 0.25) is 17.5 Å². The highest BCUT2D eigenvalue weighted by atomic mass is 32.2. The molecule has 1 aromatic rings. The molecular formula is C20H27N3O7S. The Kier molecular flexibility index (Phi) is 5.92. The second-order valence-electron chi connectivity index (χ2n) is 7.82. The molecule has 170 valence electrons. The van der Waals surface area contributed by atoms with Crippen LogP contribution in [0.3, 0.4) is 0 Å². The Balaban J connectivity index is 1.56. The van der Waals surface area contributed by atoms with Gasteiger partial charge in [-0.15, -0.1) is 11.8 Å². The van der Waals surface area contributed by atoms with Crippen molar-refractivity contribution >= 4 is 35.1 Å². The molecule has 2 amide bonds. The maximum atomic E-state index is 12.7. The van der Waals surface area contributed by atoms with Crippen molar-refractivity contribution in [1.29, 1.82) is 0 Å². The Morgan fingerprint density at radius 3 is 2.61 bits per heavy atom. The second-order valence-corrected chi connectivity index (χ2v) is 8.84.